The van der Waals surface area contributed by atoms with Gasteiger partial charge in [-0.2, -0.15) is 0 Å². The SMILES string of the molecule is Cc1ccc(NCc2cc(Br)ccc2[N+](=O)[O-])cc1Br. The topological polar surface area (TPSA) is 55.2 Å². The van der Waals surface area contributed by atoms with Crippen molar-refractivity contribution < 1.29 is 4.92 Å². The summed E-state index contributed by atoms with van der Waals surface area (Å²) in [5.74, 6) is 0. The van der Waals surface area contributed by atoms with Gasteiger partial charge in [0.2, 0.25) is 0 Å². The highest BCUT2D eigenvalue weighted by atomic mass is 79.9. The molecule has 2 aromatic carbocycles. The molecule has 0 fully saturated rings. The second kappa shape index (κ2) is 6.37. The van der Waals surface area contributed by atoms with Crippen LogP contribution < -0.4 is 5.32 Å². The number of rotatable bonds is 4. The van der Waals surface area contributed by atoms with Crippen molar-refractivity contribution in [1.82, 2.24) is 0 Å². The molecule has 0 aromatic heterocycles. The first kappa shape index (κ1) is 15.0. The van der Waals surface area contributed by atoms with Gasteiger partial charge in [-0.15, -0.1) is 0 Å². The highest BCUT2D eigenvalue weighted by Crippen LogP contribution is 2.25. The number of hydrogen-bond acceptors (Lipinski definition) is 3. The molecule has 20 heavy (non-hydrogen) atoms. The third-order valence-electron chi connectivity index (χ3n) is 2.89. The molecule has 0 aliphatic carbocycles. The molecular formula is C14H12Br2N2O2. The lowest BCUT2D eigenvalue weighted by Crippen LogP contribution is -2.03. The van der Waals surface area contributed by atoms with Crippen molar-refractivity contribution in [2.45, 2.75) is 13.5 Å². The lowest BCUT2D eigenvalue weighted by molar-refractivity contribution is -0.385. The lowest BCUT2D eigenvalue weighted by atomic mass is 10.1. The quantitative estimate of drug-likeness (QED) is 0.578. The van der Waals surface area contributed by atoms with Crippen LogP contribution in [0, 0.1) is 17.0 Å². The summed E-state index contributed by atoms with van der Waals surface area (Å²) in [6, 6.07) is 10.8. The van der Waals surface area contributed by atoms with Gasteiger partial charge in [0.25, 0.3) is 5.69 Å². The Morgan fingerprint density at radius 1 is 1.20 bits per heavy atom. The molecule has 0 unspecified atom stereocenters. The van der Waals surface area contributed by atoms with E-state index in [4.69, 9.17) is 0 Å². The Labute approximate surface area is 133 Å². The van der Waals surface area contributed by atoms with E-state index >= 15 is 0 Å². The normalized spacial score (nSPS) is 10.3. The van der Waals surface area contributed by atoms with Gasteiger partial charge >= 0.3 is 0 Å². The maximum Gasteiger partial charge on any atom is 0.274 e. The fourth-order valence-electron chi connectivity index (χ4n) is 1.77. The summed E-state index contributed by atoms with van der Waals surface area (Å²) in [5.41, 5.74) is 2.81. The van der Waals surface area contributed by atoms with E-state index in [0.29, 0.717) is 12.1 Å². The van der Waals surface area contributed by atoms with Crippen LogP contribution in [0.2, 0.25) is 0 Å². The van der Waals surface area contributed by atoms with Gasteiger partial charge in [-0.05, 0) is 36.8 Å². The first-order valence-electron chi connectivity index (χ1n) is 5.90. The van der Waals surface area contributed by atoms with Crippen LogP contribution in [0.5, 0.6) is 0 Å². The number of anilines is 1. The van der Waals surface area contributed by atoms with E-state index in [9.17, 15) is 10.1 Å². The van der Waals surface area contributed by atoms with E-state index in [0.717, 1.165) is 20.2 Å². The van der Waals surface area contributed by atoms with Gasteiger partial charge in [-0.1, -0.05) is 37.9 Å². The van der Waals surface area contributed by atoms with Crippen molar-refractivity contribution in [1.29, 1.82) is 0 Å². The summed E-state index contributed by atoms with van der Waals surface area (Å²) in [4.78, 5) is 10.6. The highest BCUT2D eigenvalue weighted by molar-refractivity contribution is 9.10. The zero-order valence-electron chi connectivity index (χ0n) is 10.7. The van der Waals surface area contributed by atoms with Crippen LogP contribution in [0.4, 0.5) is 11.4 Å². The number of benzene rings is 2. The van der Waals surface area contributed by atoms with E-state index in [1.165, 1.54) is 6.07 Å². The number of nitrogens with zero attached hydrogens (tertiary/aromatic N) is 1. The third kappa shape index (κ3) is 3.58. The molecular weight excluding hydrogens is 388 g/mol. The van der Waals surface area contributed by atoms with Crippen molar-refractivity contribution >= 4 is 43.2 Å². The number of aryl methyl sites for hydroxylation is 1. The fraction of sp³-hybridized carbons (Fsp3) is 0.143. The number of hydrogen-bond donors (Lipinski definition) is 1. The summed E-state index contributed by atoms with van der Waals surface area (Å²) in [6.07, 6.45) is 0. The summed E-state index contributed by atoms with van der Waals surface area (Å²) in [7, 11) is 0. The molecule has 2 rings (SSSR count). The third-order valence-corrected chi connectivity index (χ3v) is 4.24. The van der Waals surface area contributed by atoms with Crippen LogP contribution >= 0.6 is 31.9 Å². The van der Waals surface area contributed by atoms with Crippen LogP contribution in [-0.2, 0) is 6.54 Å². The number of halogens is 2. The lowest BCUT2D eigenvalue weighted by Gasteiger charge is -2.09. The standard InChI is InChI=1S/C14H12Br2N2O2/c1-9-2-4-12(7-13(9)16)17-8-10-6-11(15)3-5-14(10)18(19)20/h2-7,17H,8H2,1H3. The van der Waals surface area contributed by atoms with Gasteiger partial charge in [0, 0.05) is 32.8 Å². The number of nitro benzene ring substituents is 1. The molecule has 6 heteroatoms. The molecule has 0 saturated heterocycles. The van der Waals surface area contributed by atoms with Crippen molar-refractivity contribution in [2.24, 2.45) is 0 Å². The van der Waals surface area contributed by atoms with Crippen LogP contribution in [0.1, 0.15) is 11.1 Å². The van der Waals surface area contributed by atoms with E-state index in [1.54, 1.807) is 12.1 Å². The minimum Gasteiger partial charge on any atom is -0.381 e. The Hall–Kier alpha value is -1.40. The first-order valence-corrected chi connectivity index (χ1v) is 7.49. The Balaban J connectivity index is 2.20. The first-order chi connectivity index (χ1) is 9.47. The molecule has 0 atom stereocenters. The average molecular weight is 400 g/mol. The van der Waals surface area contributed by atoms with Crippen LogP contribution in [0.25, 0.3) is 0 Å². The molecule has 0 spiro atoms. The van der Waals surface area contributed by atoms with E-state index in [-0.39, 0.29) is 10.6 Å². The average Bonchev–Trinajstić information content (AvgIpc) is 2.40. The molecule has 2 aromatic rings. The van der Waals surface area contributed by atoms with Crippen molar-refractivity contribution in [3.63, 3.8) is 0 Å². The maximum atomic E-state index is 11.0. The van der Waals surface area contributed by atoms with Crippen LogP contribution in [0.15, 0.2) is 45.3 Å². The smallest absolute Gasteiger partial charge is 0.274 e. The van der Waals surface area contributed by atoms with E-state index in [1.807, 2.05) is 25.1 Å². The fourth-order valence-corrected chi connectivity index (χ4v) is 2.56. The molecule has 0 amide bonds. The molecule has 0 heterocycles. The van der Waals surface area contributed by atoms with Crippen molar-refractivity contribution in [2.75, 3.05) is 5.32 Å². The number of nitrogens with one attached hydrogen (secondary N) is 1. The second-order valence-electron chi connectivity index (χ2n) is 4.35. The Morgan fingerprint density at radius 3 is 2.60 bits per heavy atom. The van der Waals surface area contributed by atoms with E-state index in [2.05, 4.69) is 37.2 Å². The van der Waals surface area contributed by atoms with Gasteiger partial charge < -0.3 is 5.32 Å². The van der Waals surface area contributed by atoms with E-state index < -0.39 is 0 Å². The van der Waals surface area contributed by atoms with Gasteiger partial charge in [0.05, 0.1) is 4.92 Å². The summed E-state index contributed by atoms with van der Waals surface area (Å²) in [6.45, 7) is 2.40. The summed E-state index contributed by atoms with van der Waals surface area (Å²) >= 11 is 6.80. The van der Waals surface area contributed by atoms with Crippen molar-refractivity contribution in [3.8, 4) is 0 Å². The minimum atomic E-state index is -0.367. The summed E-state index contributed by atoms with van der Waals surface area (Å²) < 4.78 is 1.83. The highest BCUT2D eigenvalue weighted by Gasteiger charge is 2.13. The predicted molar refractivity (Wildman–Crippen MR) is 87.0 cm³/mol. The molecule has 0 bridgehead atoms. The molecule has 0 radical (unpaired) electrons. The predicted octanol–water partition coefficient (Wildman–Crippen LogP) is 5.04. The zero-order valence-corrected chi connectivity index (χ0v) is 13.9. The Morgan fingerprint density at radius 2 is 1.95 bits per heavy atom. The molecule has 4 nitrogen and oxygen atoms in total. The van der Waals surface area contributed by atoms with Crippen LogP contribution in [-0.4, -0.2) is 4.92 Å². The Kier molecular flexibility index (Phi) is 4.77. The molecule has 0 saturated carbocycles. The Bertz CT molecular complexity index is 660. The molecule has 1 N–H and O–H groups in total. The molecule has 104 valence electrons. The summed E-state index contributed by atoms with van der Waals surface area (Å²) in [5, 5.41) is 14.2. The largest absolute Gasteiger partial charge is 0.381 e. The van der Waals surface area contributed by atoms with Gasteiger partial charge in [-0.3, -0.25) is 10.1 Å². The minimum absolute atomic E-state index is 0.117. The molecule has 0 aliphatic rings. The van der Waals surface area contributed by atoms with Gasteiger partial charge in [0.1, 0.15) is 0 Å². The molecule has 0 aliphatic heterocycles. The maximum absolute atomic E-state index is 11.0. The zero-order chi connectivity index (χ0) is 14.7. The second-order valence-corrected chi connectivity index (χ2v) is 6.12. The van der Waals surface area contributed by atoms with Crippen LogP contribution in [0.3, 0.4) is 0 Å². The van der Waals surface area contributed by atoms with Gasteiger partial charge in [0.15, 0.2) is 0 Å². The van der Waals surface area contributed by atoms with Crippen molar-refractivity contribution in [3.05, 3.63) is 66.6 Å². The monoisotopic (exact) mass is 398 g/mol. The van der Waals surface area contributed by atoms with Gasteiger partial charge in [-0.25, -0.2) is 0 Å². The number of nitro groups is 1.